The second kappa shape index (κ2) is 7.35. The van der Waals surface area contributed by atoms with E-state index in [2.05, 4.69) is 0 Å². The normalized spacial score (nSPS) is 11.2. The summed E-state index contributed by atoms with van der Waals surface area (Å²) in [5.74, 6) is 0. The second-order valence-electron chi connectivity index (χ2n) is 3.96. The van der Waals surface area contributed by atoms with Gasteiger partial charge in [0, 0.05) is 0 Å². The molecule has 0 aliphatic heterocycles. The number of hydrogen-bond acceptors (Lipinski definition) is 3. The molecule has 0 aliphatic carbocycles. The maximum absolute atomic E-state index is 9.33. The Morgan fingerprint density at radius 2 is 1.33 bits per heavy atom. The summed E-state index contributed by atoms with van der Waals surface area (Å²) in [6.45, 7) is 1.97. The molecule has 3 heteroatoms. The summed E-state index contributed by atoms with van der Waals surface area (Å²) in [5.41, 5.74) is 13.1. The summed E-state index contributed by atoms with van der Waals surface area (Å²) in [6, 6.07) is 17.0. The first-order valence-electron chi connectivity index (χ1n) is 5.98. The van der Waals surface area contributed by atoms with Crippen LogP contribution in [0.25, 0.3) is 0 Å². The number of anilines is 2. The predicted molar refractivity (Wildman–Crippen MR) is 77.0 cm³/mol. The van der Waals surface area contributed by atoms with Gasteiger partial charge in [-0.15, -0.1) is 0 Å². The van der Waals surface area contributed by atoms with Crippen LogP contribution in [0.5, 0.6) is 0 Å². The van der Waals surface area contributed by atoms with E-state index in [0.717, 1.165) is 12.0 Å². The molecule has 0 radical (unpaired) electrons. The smallest absolute Gasteiger partial charge is 0.0787 e. The summed E-state index contributed by atoms with van der Waals surface area (Å²) in [4.78, 5) is 0. The van der Waals surface area contributed by atoms with Gasteiger partial charge in [0.25, 0.3) is 0 Å². The number of benzene rings is 2. The highest BCUT2D eigenvalue weighted by atomic mass is 16.3. The van der Waals surface area contributed by atoms with Crippen molar-refractivity contribution in [1.29, 1.82) is 0 Å². The van der Waals surface area contributed by atoms with Gasteiger partial charge in [-0.2, -0.15) is 0 Å². The minimum Gasteiger partial charge on any atom is -0.397 e. The Hall–Kier alpha value is -2.00. The molecule has 2 rings (SSSR count). The van der Waals surface area contributed by atoms with Crippen molar-refractivity contribution >= 4 is 11.4 Å². The van der Waals surface area contributed by atoms with Crippen molar-refractivity contribution in [2.45, 2.75) is 19.4 Å². The van der Waals surface area contributed by atoms with E-state index in [0.29, 0.717) is 11.4 Å². The molecule has 0 spiro atoms. The Kier molecular flexibility index (Phi) is 5.74. The van der Waals surface area contributed by atoms with E-state index in [1.54, 1.807) is 12.1 Å². The second-order valence-corrected chi connectivity index (χ2v) is 3.96. The van der Waals surface area contributed by atoms with E-state index < -0.39 is 0 Å². The topological polar surface area (TPSA) is 72.3 Å². The van der Waals surface area contributed by atoms with E-state index in [9.17, 15) is 5.11 Å². The summed E-state index contributed by atoms with van der Waals surface area (Å²) in [7, 11) is 0. The molecule has 96 valence electrons. The van der Waals surface area contributed by atoms with Crippen LogP contribution in [-0.2, 0) is 0 Å². The van der Waals surface area contributed by atoms with Gasteiger partial charge in [-0.25, -0.2) is 0 Å². The molecule has 0 aliphatic rings. The van der Waals surface area contributed by atoms with Crippen LogP contribution < -0.4 is 11.5 Å². The molecule has 0 fully saturated rings. The first-order chi connectivity index (χ1) is 8.65. The molecule has 1 unspecified atom stereocenters. The van der Waals surface area contributed by atoms with Gasteiger partial charge in [0.2, 0.25) is 0 Å². The number of rotatable bonds is 2. The Labute approximate surface area is 108 Å². The van der Waals surface area contributed by atoms with Gasteiger partial charge in [0.05, 0.1) is 17.5 Å². The number of aliphatic hydroxyl groups is 1. The van der Waals surface area contributed by atoms with Gasteiger partial charge in [-0.1, -0.05) is 49.4 Å². The van der Waals surface area contributed by atoms with Crippen LogP contribution in [-0.4, -0.2) is 5.11 Å². The largest absolute Gasteiger partial charge is 0.397 e. The summed E-state index contributed by atoms with van der Waals surface area (Å²) < 4.78 is 0. The third kappa shape index (κ3) is 4.47. The molecule has 0 amide bonds. The zero-order valence-corrected chi connectivity index (χ0v) is 10.6. The van der Waals surface area contributed by atoms with Crippen molar-refractivity contribution in [3.05, 3.63) is 60.2 Å². The third-order valence-electron chi connectivity index (χ3n) is 2.57. The van der Waals surface area contributed by atoms with Crippen molar-refractivity contribution in [1.82, 2.24) is 0 Å². The highest BCUT2D eigenvalue weighted by Gasteiger charge is 2.00. The molecular weight excluding hydrogens is 224 g/mol. The number of para-hydroxylation sites is 2. The highest BCUT2D eigenvalue weighted by Crippen LogP contribution is 2.14. The fourth-order valence-electron chi connectivity index (χ4n) is 1.42. The average molecular weight is 244 g/mol. The van der Waals surface area contributed by atoms with E-state index in [1.165, 1.54) is 0 Å². The lowest BCUT2D eigenvalue weighted by molar-refractivity contribution is 0.173. The van der Waals surface area contributed by atoms with Crippen molar-refractivity contribution in [3.63, 3.8) is 0 Å². The van der Waals surface area contributed by atoms with Gasteiger partial charge in [0.1, 0.15) is 0 Å². The number of aliphatic hydroxyl groups excluding tert-OH is 1. The molecule has 0 heterocycles. The molecule has 0 saturated carbocycles. The van der Waals surface area contributed by atoms with Crippen molar-refractivity contribution in [2.75, 3.05) is 11.5 Å². The van der Waals surface area contributed by atoms with Crippen molar-refractivity contribution < 1.29 is 5.11 Å². The van der Waals surface area contributed by atoms with Crippen LogP contribution in [0, 0.1) is 0 Å². The maximum atomic E-state index is 9.33. The third-order valence-corrected chi connectivity index (χ3v) is 2.57. The van der Waals surface area contributed by atoms with Crippen LogP contribution in [0.3, 0.4) is 0 Å². The molecular formula is C15H20N2O. The maximum Gasteiger partial charge on any atom is 0.0787 e. The first kappa shape index (κ1) is 14.1. The van der Waals surface area contributed by atoms with E-state index in [1.807, 2.05) is 49.4 Å². The molecule has 0 saturated heterocycles. The Balaban J connectivity index is 0.000000184. The van der Waals surface area contributed by atoms with Gasteiger partial charge in [0.15, 0.2) is 0 Å². The zero-order valence-electron chi connectivity index (χ0n) is 10.6. The lowest BCUT2D eigenvalue weighted by Gasteiger charge is -2.05. The van der Waals surface area contributed by atoms with Crippen molar-refractivity contribution in [2.24, 2.45) is 0 Å². The fraction of sp³-hybridized carbons (Fsp3) is 0.200. The van der Waals surface area contributed by atoms with Gasteiger partial charge < -0.3 is 16.6 Å². The molecule has 3 nitrogen and oxygen atoms in total. The first-order valence-corrected chi connectivity index (χ1v) is 5.98. The van der Waals surface area contributed by atoms with E-state index in [4.69, 9.17) is 11.5 Å². The van der Waals surface area contributed by atoms with Crippen LogP contribution in [0.1, 0.15) is 25.0 Å². The Morgan fingerprint density at radius 1 is 0.889 bits per heavy atom. The molecule has 0 bridgehead atoms. The van der Waals surface area contributed by atoms with Crippen LogP contribution >= 0.6 is 0 Å². The Bertz CT molecular complexity index is 436. The standard InChI is InChI=1S/C9H12O.C6H8N2/c1-2-9(10)8-6-4-3-5-7-8;7-5-3-1-2-4-6(5)8/h3-7,9-10H,2H2,1H3;1-4H,7-8H2. The molecule has 18 heavy (non-hydrogen) atoms. The van der Waals surface area contributed by atoms with E-state index in [-0.39, 0.29) is 6.10 Å². The van der Waals surface area contributed by atoms with Crippen LogP contribution in [0.2, 0.25) is 0 Å². The number of nitrogen functional groups attached to an aromatic ring is 2. The molecule has 2 aromatic carbocycles. The van der Waals surface area contributed by atoms with E-state index >= 15 is 0 Å². The number of hydrogen-bond donors (Lipinski definition) is 3. The Morgan fingerprint density at radius 3 is 1.72 bits per heavy atom. The quantitative estimate of drug-likeness (QED) is 0.711. The summed E-state index contributed by atoms with van der Waals surface area (Å²) >= 11 is 0. The fourth-order valence-corrected chi connectivity index (χ4v) is 1.42. The molecule has 1 atom stereocenters. The number of nitrogens with two attached hydrogens (primary N) is 2. The monoisotopic (exact) mass is 244 g/mol. The van der Waals surface area contributed by atoms with Gasteiger partial charge in [-0.05, 0) is 24.1 Å². The molecule has 2 aromatic rings. The van der Waals surface area contributed by atoms with Crippen molar-refractivity contribution in [3.8, 4) is 0 Å². The van der Waals surface area contributed by atoms with Crippen LogP contribution in [0.15, 0.2) is 54.6 Å². The SMILES string of the molecule is CCC(O)c1ccccc1.Nc1ccccc1N. The zero-order chi connectivity index (χ0) is 13.4. The minimum absolute atomic E-state index is 0.291. The minimum atomic E-state index is -0.291. The van der Waals surface area contributed by atoms with Gasteiger partial charge in [-0.3, -0.25) is 0 Å². The predicted octanol–water partition coefficient (Wildman–Crippen LogP) is 2.98. The molecule has 5 N–H and O–H groups in total. The van der Waals surface area contributed by atoms with Gasteiger partial charge >= 0.3 is 0 Å². The lowest BCUT2D eigenvalue weighted by Crippen LogP contribution is -1.93. The highest BCUT2D eigenvalue weighted by molar-refractivity contribution is 5.62. The summed E-state index contributed by atoms with van der Waals surface area (Å²) in [6.07, 6.45) is 0.491. The summed E-state index contributed by atoms with van der Waals surface area (Å²) in [5, 5.41) is 9.33. The molecule has 0 aromatic heterocycles. The van der Waals surface area contributed by atoms with Crippen LogP contribution in [0.4, 0.5) is 11.4 Å². The average Bonchev–Trinajstić information content (AvgIpc) is 2.43. The lowest BCUT2D eigenvalue weighted by atomic mass is 10.1.